The van der Waals surface area contributed by atoms with E-state index < -0.39 is 0 Å². The second kappa shape index (κ2) is 7.62. The van der Waals surface area contributed by atoms with Crippen LogP contribution in [0.25, 0.3) is 0 Å². The van der Waals surface area contributed by atoms with E-state index in [1.54, 1.807) is 7.11 Å². The van der Waals surface area contributed by atoms with Crippen LogP contribution >= 0.6 is 11.3 Å². The van der Waals surface area contributed by atoms with Crippen LogP contribution in [0.3, 0.4) is 0 Å². The van der Waals surface area contributed by atoms with Crippen LogP contribution in [-0.2, 0) is 22.6 Å². The first-order valence-corrected chi connectivity index (χ1v) is 8.78. The Bertz CT molecular complexity index is 790. The van der Waals surface area contributed by atoms with Gasteiger partial charge in [-0.15, -0.1) is 11.3 Å². The number of nitrogens with one attached hydrogen (secondary N) is 2. The van der Waals surface area contributed by atoms with E-state index in [4.69, 9.17) is 4.74 Å². The topological polar surface area (TPSA) is 83.6 Å². The molecular formula is C17H20N4O3S. The molecule has 0 unspecified atom stereocenters. The summed E-state index contributed by atoms with van der Waals surface area (Å²) in [7, 11) is 1.58. The molecule has 1 aromatic heterocycles. The van der Waals surface area contributed by atoms with Gasteiger partial charge in [-0.25, -0.2) is 4.98 Å². The molecule has 0 bridgehead atoms. The molecule has 132 valence electrons. The summed E-state index contributed by atoms with van der Waals surface area (Å²) in [5.41, 5.74) is 1.67. The molecule has 1 aliphatic rings. The fourth-order valence-corrected chi connectivity index (χ4v) is 3.82. The van der Waals surface area contributed by atoms with Gasteiger partial charge in [-0.3, -0.25) is 14.5 Å². The molecule has 0 saturated carbocycles. The van der Waals surface area contributed by atoms with Crippen LogP contribution in [0.5, 0.6) is 5.75 Å². The molecule has 1 aliphatic heterocycles. The maximum Gasteiger partial charge on any atom is 0.238 e. The molecule has 1 aromatic carbocycles. The highest BCUT2D eigenvalue weighted by Crippen LogP contribution is 2.28. The van der Waals surface area contributed by atoms with Gasteiger partial charge in [-0.05, 0) is 12.1 Å². The third kappa shape index (κ3) is 4.34. The molecule has 2 heterocycles. The number of ether oxygens (including phenoxy) is 1. The molecule has 7 nitrogen and oxygen atoms in total. The molecule has 3 rings (SSSR count). The van der Waals surface area contributed by atoms with E-state index in [1.165, 1.54) is 18.3 Å². The van der Waals surface area contributed by atoms with Crippen LogP contribution in [0.4, 0.5) is 10.8 Å². The predicted octanol–water partition coefficient (Wildman–Crippen LogP) is 2.11. The molecule has 0 spiro atoms. The Morgan fingerprint density at radius 3 is 2.88 bits per heavy atom. The standard InChI is InChI=1S/C17H20N4O3S/c1-11(22)18-17-20-13-7-8-21(9-15(13)25-17)10-16(23)19-12-5-3-4-6-14(12)24-2/h3-6H,7-10H2,1-2H3,(H,19,23)(H,18,20,22). The molecule has 0 atom stereocenters. The number of carbonyl (C=O) groups excluding carboxylic acids is 2. The van der Waals surface area contributed by atoms with Crippen LogP contribution in [0.2, 0.25) is 0 Å². The molecule has 0 radical (unpaired) electrons. The van der Waals surface area contributed by atoms with Crippen molar-refractivity contribution >= 4 is 34.0 Å². The van der Waals surface area contributed by atoms with Crippen molar-refractivity contribution in [1.29, 1.82) is 0 Å². The monoisotopic (exact) mass is 360 g/mol. The van der Waals surface area contributed by atoms with Crippen molar-refractivity contribution < 1.29 is 14.3 Å². The summed E-state index contributed by atoms with van der Waals surface area (Å²) >= 11 is 1.47. The first kappa shape index (κ1) is 17.4. The van der Waals surface area contributed by atoms with E-state index in [0.29, 0.717) is 29.7 Å². The zero-order chi connectivity index (χ0) is 17.8. The Morgan fingerprint density at radius 1 is 1.32 bits per heavy atom. The van der Waals surface area contributed by atoms with Crippen molar-refractivity contribution in [1.82, 2.24) is 9.88 Å². The Balaban J connectivity index is 1.60. The predicted molar refractivity (Wildman–Crippen MR) is 97.0 cm³/mol. The van der Waals surface area contributed by atoms with E-state index in [-0.39, 0.29) is 11.8 Å². The van der Waals surface area contributed by atoms with Crippen LogP contribution in [-0.4, -0.2) is 41.9 Å². The Kier molecular flexibility index (Phi) is 5.30. The summed E-state index contributed by atoms with van der Waals surface area (Å²) in [6, 6.07) is 7.33. The van der Waals surface area contributed by atoms with E-state index >= 15 is 0 Å². The molecule has 2 amide bonds. The Labute approximate surface area is 150 Å². The molecule has 0 aliphatic carbocycles. The lowest BCUT2D eigenvalue weighted by molar-refractivity contribution is -0.117. The smallest absolute Gasteiger partial charge is 0.238 e. The number of amides is 2. The third-order valence-corrected chi connectivity index (χ3v) is 4.84. The minimum atomic E-state index is -0.126. The summed E-state index contributed by atoms with van der Waals surface area (Å²) < 4.78 is 5.25. The lowest BCUT2D eigenvalue weighted by Crippen LogP contribution is -2.36. The largest absolute Gasteiger partial charge is 0.495 e. The zero-order valence-corrected chi connectivity index (χ0v) is 15.0. The van der Waals surface area contributed by atoms with Gasteiger partial charge in [0.05, 0.1) is 25.0 Å². The first-order chi connectivity index (χ1) is 12.0. The van der Waals surface area contributed by atoms with Crippen LogP contribution < -0.4 is 15.4 Å². The summed E-state index contributed by atoms with van der Waals surface area (Å²) in [4.78, 5) is 31.1. The van der Waals surface area contributed by atoms with Crippen LogP contribution in [0.15, 0.2) is 24.3 Å². The number of rotatable bonds is 5. The summed E-state index contributed by atoms with van der Waals surface area (Å²) in [5, 5.41) is 6.23. The number of aromatic nitrogens is 1. The second-order valence-corrected chi connectivity index (χ2v) is 6.86. The SMILES string of the molecule is COc1ccccc1NC(=O)CN1CCc2nc(NC(C)=O)sc2C1. The van der Waals surface area contributed by atoms with Crippen LogP contribution in [0, 0.1) is 0 Å². The fourth-order valence-electron chi connectivity index (χ4n) is 2.73. The number of fused-ring (bicyclic) bond motifs is 1. The van der Waals surface area contributed by atoms with E-state index in [2.05, 4.69) is 20.5 Å². The van der Waals surface area contributed by atoms with Crippen molar-refractivity contribution in [3.8, 4) is 5.75 Å². The zero-order valence-electron chi connectivity index (χ0n) is 14.2. The highest BCUT2D eigenvalue weighted by atomic mass is 32.1. The number of hydrogen-bond donors (Lipinski definition) is 2. The molecule has 8 heteroatoms. The van der Waals surface area contributed by atoms with Crippen molar-refractivity contribution in [2.75, 3.05) is 30.8 Å². The number of thiazole rings is 1. The quantitative estimate of drug-likeness (QED) is 0.853. The molecule has 25 heavy (non-hydrogen) atoms. The summed E-state index contributed by atoms with van der Waals surface area (Å²) in [6.45, 7) is 3.18. The number of hydrogen-bond acceptors (Lipinski definition) is 6. The average Bonchev–Trinajstić information content (AvgIpc) is 2.95. The average molecular weight is 360 g/mol. The molecule has 2 N–H and O–H groups in total. The van der Waals surface area contributed by atoms with Gasteiger partial charge in [-0.1, -0.05) is 12.1 Å². The Hall–Kier alpha value is -2.45. The minimum Gasteiger partial charge on any atom is -0.495 e. The lowest BCUT2D eigenvalue weighted by Gasteiger charge is -2.25. The van der Waals surface area contributed by atoms with E-state index in [0.717, 1.165) is 23.5 Å². The normalized spacial score (nSPS) is 13.8. The number of carbonyl (C=O) groups is 2. The van der Waals surface area contributed by atoms with Gasteiger partial charge in [0.25, 0.3) is 0 Å². The highest BCUT2D eigenvalue weighted by molar-refractivity contribution is 7.15. The molecule has 0 fully saturated rings. The summed E-state index contributed by atoms with van der Waals surface area (Å²) in [6.07, 6.45) is 0.771. The molecule has 2 aromatic rings. The van der Waals surface area contributed by atoms with E-state index in [9.17, 15) is 9.59 Å². The maximum absolute atomic E-state index is 12.3. The number of methoxy groups -OCH3 is 1. The highest BCUT2D eigenvalue weighted by Gasteiger charge is 2.22. The number of benzene rings is 1. The Morgan fingerprint density at radius 2 is 2.12 bits per heavy atom. The summed E-state index contributed by atoms with van der Waals surface area (Å²) in [5.74, 6) is 0.429. The van der Waals surface area contributed by atoms with Gasteiger partial charge in [0, 0.05) is 31.3 Å². The minimum absolute atomic E-state index is 0.0838. The fraction of sp³-hybridized carbons (Fsp3) is 0.353. The maximum atomic E-state index is 12.3. The van der Waals surface area contributed by atoms with Crippen molar-refractivity contribution in [2.24, 2.45) is 0 Å². The van der Waals surface area contributed by atoms with Crippen molar-refractivity contribution in [2.45, 2.75) is 19.9 Å². The van der Waals surface area contributed by atoms with Crippen molar-refractivity contribution in [3.63, 3.8) is 0 Å². The number of nitrogens with zero attached hydrogens (tertiary/aromatic N) is 2. The molecule has 0 saturated heterocycles. The van der Waals surface area contributed by atoms with Crippen LogP contribution in [0.1, 0.15) is 17.5 Å². The number of para-hydroxylation sites is 2. The van der Waals surface area contributed by atoms with Gasteiger partial charge < -0.3 is 15.4 Å². The van der Waals surface area contributed by atoms with Gasteiger partial charge in [-0.2, -0.15) is 0 Å². The third-order valence-electron chi connectivity index (χ3n) is 3.84. The number of anilines is 2. The second-order valence-electron chi connectivity index (χ2n) is 5.78. The molecular weight excluding hydrogens is 340 g/mol. The lowest BCUT2D eigenvalue weighted by atomic mass is 10.2. The van der Waals surface area contributed by atoms with Gasteiger partial charge in [0.2, 0.25) is 11.8 Å². The van der Waals surface area contributed by atoms with Gasteiger partial charge >= 0.3 is 0 Å². The van der Waals surface area contributed by atoms with Crippen molar-refractivity contribution in [3.05, 3.63) is 34.8 Å². The van der Waals surface area contributed by atoms with E-state index in [1.807, 2.05) is 24.3 Å². The first-order valence-electron chi connectivity index (χ1n) is 7.96. The van der Waals surface area contributed by atoms with Gasteiger partial charge in [0.1, 0.15) is 5.75 Å². The van der Waals surface area contributed by atoms with Gasteiger partial charge in [0.15, 0.2) is 5.13 Å².